The molecular weight excluding hydrogens is 260 g/mol. The lowest BCUT2D eigenvalue weighted by Crippen LogP contribution is -2.29. The van der Waals surface area contributed by atoms with E-state index in [0.29, 0.717) is 0 Å². The molecule has 5 nitrogen and oxygen atoms in total. The van der Waals surface area contributed by atoms with Crippen LogP contribution >= 0.6 is 11.5 Å². The van der Waals surface area contributed by atoms with Crippen LogP contribution in [0.5, 0.6) is 5.75 Å². The second-order valence-electron chi connectivity index (χ2n) is 4.61. The standard InChI is InChI=1S/C13H16N4OS/c1-8-13(19-17-16-8)11(15-14)10-6-2-4-9-5-3-7-18-12(9)10/h2,4,6,11,15H,3,5,7,14H2,1H3. The highest BCUT2D eigenvalue weighted by atomic mass is 32.1. The minimum atomic E-state index is -0.118. The van der Waals surface area contributed by atoms with E-state index in [1.807, 2.05) is 13.0 Å². The molecule has 0 fully saturated rings. The van der Waals surface area contributed by atoms with Gasteiger partial charge in [0.2, 0.25) is 0 Å². The van der Waals surface area contributed by atoms with Crippen molar-refractivity contribution in [2.24, 2.45) is 5.84 Å². The number of hydrazine groups is 1. The fraction of sp³-hybridized carbons (Fsp3) is 0.385. The number of ether oxygens (including phenoxy) is 1. The lowest BCUT2D eigenvalue weighted by Gasteiger charge is -2.24. The predicted molar refractivity (Wildman–Crippen MR) is 74.1 cm³/mol. The number of hydrogen-bond donors (Lipinski definition) is 2. The highest BCUT2D eigenvalue weighted by Gasteiger charge is 2.24. The predicted octanol–water partition coefficient (Wildman–Crippen LogP) is 1.72. The van der Waals surface area contributed by atoms with Crippen molar-refractivity contribution >= 4 is 11.5 Å². The van der Waals surface area contributed by atoms with Gasteiger partial charge in [-0.15, -0.1) is 5.10 Å². The van der Waals surface area contributed by atoms with E-state index in [1.165, 1.54) is 17.1 Å². The van der Waals surface area contributed by atoms with Gasteiger partial charge in [-0.05, 0) is 36.9 Å². The van der Waals surface area contributed by atoms with Gasteiger partial charge in [0.25, 0.3) is 0 Å². The van der Waals surface area contributed by atoms with Crippen LogP contribution in [0.4, 0.5) is 0 Å². The second-order valence-corrected chi connectivity index (χ2v) is 5.40. The smallest absolute Gasteiger partial charge is 0.127 e. The maximum atomic E-state index is 5.84. The van der Waals surface area contributed by atoms with Gasteiger partial charge in [0.05, 0.1) is 23.2 Å². The number of para-hydroxylation sites is 1. The number of rotatable bonds is 3. The molecule has 0 bridgehead atoms. The van der Waals surface area contributed by atoms with Crippen LogP contribution in [-0.2, 0) is 6.42 Å². The van der Waals surface area contributed by atoms with Gasteiger partial charge in [-0.2, -0.15) is 0 Å². The van der Waals surface area contributed by atoms with Crippen molar-refractivity contribution in [1.29, 1.82) is 0 Å². The van der Waals surface area contributed by atoms with Crippen LogP contribution in [0.25, 0.3) is 0 Å². The van der Waals surface area contributed by atoms with Crippen LogP contribution in [0.1, 0.15) is 34.2 Å². The van der Waals surface area contributed by atoms with Crippen LogP contribution in [0.2, 0.25) is 0 Å². The quantitative estimate of drug-likeness (QED) is 0.659. The molecule has 0 radical (unpaired) electrons. The Bertz CT molecular complexity index is 584. The van der Waals surface area contributed by atoms with E-state index in [2.05, 4.69) is 27.1 Å². The molecule has 1 atom stereocenters. The van der Waals surface area contributed by atoms with Gasteiger partial charge in [0, 0.05) is 5.56 Å². The van der Waals surface area contributed by atoms with Crippen molar-refractivity contribution < 1.29 is 4.74 Å². The topological polar surface area (TPSA) is 73.1 Å². The van der Waals surface area contributed by atoms with Crippen LogP contribution in [0.15, 0.2) is 18.2 Å². The van der Waals surface area contributed by atoms with E-state index in [0.717, 1.165) is 41.3 Å². The lowest BCUT2D eigenvalue weighted by molar-refractivity contribution is 0.283. The number of nitrogens with zero attached hydrogens (tertiary/aromatic N) is 2. The van der Waals surface area contributed by atoms with E-state index in [-0.39, 0.29) is 6.04 Å². The summed E-state index contributed by atoms with van der Waals surface area (Å²) in [4.78, 5) is 1.03. The van der Waals surface area contributed by atoms with Gasteiger partial charge >= 0.3 is 0 Å². The molecule has 1 aliphatic rings. The summed E-state index contributed by atoms with van der Waals surface area (Å²) < 4.78 is 9.83. The zero-order valence-corrected chi connectivity index (χ0v) is 11.5. The summed E-state index contributed by atoms with van der Waals surface area (Å²) in [5.41, 5.74) is 6.08. The maximum absolute atomic E-state index is 5.84. The summed E-state index contributed by atoms with van der Waals surface area (Å²) >= 11 is 1.37. The van der Waals surface area contributed by atoms with E-state index in [1.54, 1.807) is 0 Å². The summed E-state index contributed by atoms with van der Waals surface area (Å²) in [7, 11) is 0. The third kappa shape index (κ3) is 2.22. The molecule has 1 unspecified atom stereocenters. The number of aryl methyl sites for hydroxylation is 2. The molecule has 1 aromatic heterocycles. The van der Waals surface area contributed by atoms with E-state index in [9.17, 15) is 0 Å². The first kappa shape index (κ1) is 12.5. The van der Waals surface area contributed by atoms with E-state index >= 15 is 0 Å². The van der Waals surface area contributed by atoms with Gasteiger partial charge in [-0.25, -0.2) is 5.43 Å². The molecule has 3 N–H and O–H groups in total. The molecule has 2 heterocycles. The Morgan fingerprint density at radius 2 is 2.37 bits per heavy atom. The summed E-state index contributed by atoms with van der Waals surface area (Å²) in [6, 6.07) is 6.10. The summed E-state index contributed by atoms with van der Waals surface area (Å²) in [6.45, 7) is 2.71. The number of nitrogens with two attached hydrogens (primary N) is 1. The number of hydrogen-bond acceptors (Lipinski definition) is 6. The summed E-state index contributed by atoms with van der Waals surface area (Å²) in [5.74, 6) is 6.71. The largest absolute Gasteiger partial charge is 0.493 e. The molecule has 19 heavy (non-hydrogen) atoms. The minimum Gasteiger partial charge on any atom is -0.493 e. The van der Waals surface area contributed by atoms with Gasteiger partial charge in [-0.3, -0.25) is 5.84 Å². The molecule has 2 aromatic rings. The lowest BCUT2D eigenvalue weighted by atomic mass is 9.97. The van der Waals surface area contributed by atoms with Crippen LogP contribution in [-0.4, -0.2) is 16.2 Å². The third-order valence-corrected chi connectivity index (χ3v) is 4.28. The molecule has 1 aromatic carbocycles. The van der Waals surface area contributed by atoms with E-state index < -0.39 is 0 Å². The molecular formula is C13H16N4OS. The Balaban J connectivity index is 2.07. The second kappa shape index (κ2) is 5.24. The molecule has 0 saturated heterocycles. The summed E-state index contributed by atoms with van der Waals surface area (Å²) in [6.07, 6.45) is 2.12. The average molecular weight is 276 g/mol. The first-order valence-electron chi connectivity index (χ1n) is 6.31. The van der Waals surface area contributed by atoms with Crippen molar-refractivity contribution in [3.8, 4) is 5.75 Å². The molecule has 3 rings (SSSR count). The molecule has 0 saturated carbocycles. The molecule has 100 valence electrons. The fourth-order valence-electron chi connectivity index (χ4n) is 2.45. The minimum absolute atomic E-state index is 0.118. The van der Waals surface area contributed by atoms with Crippen molar-refractivity contribution in [3.05, 3.63) is 39.9 Å². The van der Waals surface area contributed by atoms with Crippen molar-refractivity contribution in [2.75, 3.05) is 6.61 Å². The highest BCUT2D eigenvalue weighted by Crippen LogP contribution is 2.36. The first-order valence-corrected chi connectivity index (χ1v) is 7.08. The Labute approximate surface area is 115 Å². The Morgan fingerprint density at radius 3 is 3.11 bits per heavy atom. The first-order chi connectivity index (χ1) is 9.31. The Kier molecular flexibility index (Phi) is 3.46. The van der Waals surface area contributed by atoms with Gasteiger partial charge in [0.1, 0.15) is 5.75 Å². The number of aromatic nitrogens is 2. The zero-order chi connectivity index (χ0) is 13.2. The Hall–Kier alpha value is -1.50. The third-order valence-electron chi connectivity index (χ3n) is 3.39. The zero-order valence-electron chi connectivity index (χ0n) is 10.7. The monoisotopic (exact) mass is 276 g/mol. The summed E-state index contributed by atoms with van der Waals surface area (Å²) in [5, 5.41) is 4.06. The maximum Gasteiger partial charge on any atom is 0.127 e. The number of fused-ring (bicyclic) bond motifs is 1. The average Bonchev–Trinajstić information content (AvgIpc) is 2.86. The molecule has 0 amide bonds. The molecule has 6 heteroatoms. The van der Waals surface area contributed by atoms with Crippen LogP contribution in [0, 0.1) is 6.92 Å². The number of nitrogens with one attached hydrogen (secondary N) is 1. The van der Waals surface area contributed by atoms with Gasteiger partial charge in [-0.1, -0.05) is 22.7 Å². The molecule has 0 aliphatic carbocycles. The van der Waals surface area contributed by atoms with Crippen molar-refractivity contribution in [3.63, 3.8) is 0 Å². The van der Waals surface area contributed by atoms with Gasteiger partial charge in [0.15, 0.2) is 0 Å². The van der Waals surface area contributed by atoms with Crippen molar-refractivity contribution in [2.45, 2.75) is 25.8 Å². The highest BCUT2D eigenvalue weighted by molar-refractivity contribution is 7.05. The molecule has 1 aliphatic heterocycles. The molecule has 0 spiro atoms. The van der Waals surface area contributed by atoms with Crippen LogP contribution in [0.3, 0.4) is 0 Å². The fourth-order valence-corrected chi connectivity index (χ4v) is 3.18. The van der Waals surface area contributed by atoms with E-state index in [4.69, 9.17) is 10.6 Å². The SMILES string of the molecule is Cc1nnsc1C(NN)c1cccc2c1OCCC2. The van der Waals surface area contributed by atoms with Crippen molar-refractivity contribution in [1.82, 2.24) is 15.0 Å². The number of benzene rings is 1. The van der Waals surface area contributed by atoms with Gasteiger partial charge < -0.3 is 4.74 Å². The Morgan fingerprint density at radius 1 is 1.47 bits per heavy atom. The normalized spacial score (nSPS) is 15.7. The van der Waals surface area contributed by atoms with Crippen LogP contribution < -0.4 is 16.0 Å².